The van der Waals surface area contributed by atoms with Crippen LogP contribution in [0.3, 0.4) is 0 Å². The molecule has 0 bridgehead atoms. The van der Waals surface area contributed by atoms with E-state index in [0.717, 1.165) is 11.3 Å². The van der Waals surface area contributed by atoms with E-state index in [4.69, 9.17) is 9.47 Å². The predicted molar refractivity (Wildman–Crippen MR) is 94.8 cm³/mol. The first-order valence-corrected chi connectivity index (χ1v) is 8.50. The molecular weight excluding hydrogens is 332 g/mol. The molecule has 1 aliphatic heterocycles. The van der Waals surface area contributed by atoms with Crippen molar-refractivity contribution >= 4 is 11.9 Å². The number of pyridine rings is 1. The molecule has 0 N–H and O–H groups in total. The van der Waals surface area contributed by atoms with Crippen molar-refractivity contribution in [2.24, 2.45) is 11.8 Å². The highest BCUT2D eigenvalue weighted by molar-refractivity contribution is 5.83. The molecule has 6 nitrogen and oxygen atoms in total. The number of benzene rings is 1. The third-order valence-electron chi connectivity index (χ3n) is 4.79. The maximum atomic E-state index is 12.5. The number of esters is 2. The summed E-state index contributed by atoms with van der Waals surface area (Å²) in [7, 11) is 2.68. The van der Waals surface area contributed by atoms with Gasteiger partial charge in [0.1, 0.15) is 0 Å². The Morgan fingerprint density at radius 2 is 1.73 bits per heavy atom. The van der Waals surface area contributed by atoms with Crippen LogP contribution >= 0.6 is 0 Å². The lowest BCUT2D eigenvalue weighted by atomic mass is 9.88. The summed E-state index contributed by atoms with van der Waals surface area (Å²) in [6.07, 6.45) is 1.69. The van der Waals surface area contributed by atoms with Gasteiger partial charge in [-0.1, -0.05) is 36.4 Å². The molecule has 6 heteroatoms. The second-order valence-corrected chi connectivity index (χ2v) is 6.29. The Morgan fingerprint density at radius 3 is 2.35 bits per heavy atom. The minimum absolute atomic E-state index is 0.354. The lowest BCUT2D eigenvalue weighted by Gasteiger charge is -2.26. The number of nitrogens with zero attached hydrogens (tertiary/aromatic N) is 2. The molecule has 0 saturated carbocycles. The number of carbonyl (C=O) groups excluding carboxylic acids is 2. The highest BCUT2D eigenvalue weighted by Gasteiger charge is 2.51. The van der Waals surface area contributed by atoms with Crippen LogP contribution in [-0.4, -0.2) is 42.6 Å². The molecule has 0 radical (unpaired) electrons. The zero-order chi connectivity index (χ0) is 18.5. The van der Waals surface area contributed by atoms with E-state index in [0.29, 0.717) is 13.1 Å². The van der Waals surface area contributed by atoms with Crippen molar-refractivity contribution < 1.29 is 19.1 Å². The number of methoxy groups -OCH3 is 2. The van der Waals surface area contributed by atoms with Gasteiger partial charge in [0.2, 0.25) is 0 Å². The van der Waals surface area contributed by atoms with Crippen LogP contribution in [0.4, 0.5) is 0 Å². The SMILES string of the molecule is COC(=O)[C@@H]1[C@@H](C(=O)OC)CN(Cc2ccccc2)[C@@H]1c1ccccn1. The number of ether oxygens (including phenoxy) is 2. The van der Waals surface area contributed by atoms with Crippen LogP contribution < -0.4 is 0 Å². The lowest BCUT2D eigenvalue weighted by molar-refractivity contribution is -0.156. The maximum Gasteiger partial charge on any atom is 0.311 e. The Bertz CT molecular complexity index is 751. The number of rotatable bonds is 5. The number of likely N-dealkylation sites (tertiary alicyclic amines) is 1. The topological polar surface area (TPSA) is 68.7 Å². The summed E-state index contributed by atoms with van der Waals surface area (Å²) in [5.74, 6) is -2.09. The first kappa shape index (κ1) is 18.1. The molecule has 0 amide bonds. The van der Waals surface area contributed by atoms with Gasteiger partial charge in [-0.25, -0.2) is 0 Å². The average molecular weight is 354 g/mol. The standard InChI is InChI=1S/C20H22N2O4/c1-25-19(23)15-13-22(12-14-8-4-3-5-9-14)18(17(15)20(24)26-2)16-10-6-7-11-21-16/h3-11,15,17-18H,12-13H2,1-2H3/t15-,17+,18+/m0/s1. The van der Waals surface area contributed by atoms with E-state index in [1.165, 1.54) is 14.2 Å². The smallest absolute Gasteiger partial charge is 0.311 e. The van der Waals surface area contributed by atoms with Crippen LogP contribution in [0.2, 0.25) is 0 Å². The molecule has 1 saturated heterocycles. The van der Waals surface area contributed by atoms with Crippen molar-refractivity contribution in [2.75, 3.05) is 20.8 Å². The lowest BCUT2D eigenvalue weighted by Crippen LogP contribution is -2.32. The third kappa shape index (κ3) is 3.60. The summed E-state index contributed by atoms with van der Waals surface area (Å²) in [5.41, 5.74) is 1.84. The van der Waals surface area contributed by atoms with Gasteiger partial charge in [-0.2, -0.15) is 0 Å². The van der Waals surface area contributed by atoms with E-state index < -0.39 is 23.8 Å². The summed E-state index contributed by atoms with van der Waals surface area (Å²) in [6, 6.07) is 15.2. The maximum absolute atomic E-state index is 12.5. The van der Waals surface area contributed by atoms with Crippen LogP contribution in [0.1, 0.15) is 17.3 Å². The fourth-order valence-electron chi connectivity index (χ4n) is 3.63. The van der Waals surface area contributed by atoms with E-state index in [-0.39, 0.29) is 6.04 Å². The summed E-state index contributed by atoms with van der Waals surface area (Å²) in [5, 5.41) is 0. The van der Waals surface area contributed by atoms with Gasteiger partial charge in [0.05, 0.1) is 37.8 Å². The largest absolute Gasteiger partial charge is 0.469 e. The van der Waals surface area contributed by atoms with E-state index in [1.54, 1.807) is 6.20 Å². The minimum atomic E-state index is -0.661. The number of hydrogen-bond donors (Lipinski definition) is 0. The van der Waals surface area contributed by atoms with Gasteiger partial charge in [0.25, 0.3) is 0 Å². The van der Waals surface area contributed by atoms with Crippen LogP contribution in [0, 0.1) is 11.8 Å². The second-order valence-electron chi connectivity index (χ2n) is 6.29. The summed E-state index contributed by atoms with van der Waals surface area (Å²) in [6.45, 7) is 1.01. The van der Waals surface area contributed by atoms with Gasteiger partial charge in [-0.05, 0) is 17.7 Å². The fourth-order valence-corrected chi connectivity index (χ4v) is 3.63. The highest BCUT2D eigenvalue weighted by atomic mass is 16.5. The average Bonchev–Trinajstić information content (AvgIpc) is 3.07. The van der Waals surface area contributed by atoms with Gasteiger partial charge in [-0.15, -0.1) is 0 Å². The summed E-state index contributed by atoms with van der Waals surface area (Å²) in [4.78, 5) is 31.4. The molecule has 136 valence electrons. The van der Waals surface area contributed by atoms with Gasteiger partial charge < -0.3 is 9.47 Å². The normalized spacial score (nSPS) is 22.8. The molecule has 1 aliphatic rings. The molecule has 1 aromatic carbocycles. The van der Waals surface area contributed by atoms with E-state index in [1.807, 2.05) is 48.5 Å². The highest BCUT2D eigenvalue weighted by Crippen LogP contribution is 2.42. The van der Waals surface area contributed by atoms with Crippen molar-refractivity contribution in [2.45, 2.75) is 12.6 Å². The first-order chi connectivity index (χ1) is 12.7. The van der Waals surface area contributed by atoms with Crippen LogP contribution in [0.15, 0.2) is 54.7 Å². The minimum Gasteiger partial charge on any atom is -0.469 e. The first-order valence-electron chi connectivity index (χ1n) is 8.50. The van der Waals surface area contributed by atoms with Crippen molar-refractivity contribution in [3.05, 3.63) is 66.0 Å². The molecule has 3 rings (SSSR count). The third-order valence-corrected chi connectivity index (χ3v) is 4.79. The number of carbonyl (C=O) groups is 2. The number of aromatic nitrogens is 1. The Balaban J connectivity index is 2.00. The van der Waals surface area contributed by atoms with E-state index in [2.05, 4.69) is 9.88 Å². The van der Waals surface area contributed by atoms with Crippen molar-refractivity contribution in [1.29, 1.82) is 0 Å². The zero-order valence-electron chi connectivity index (χ0n) is 14.9. The number of hydrogen-bond acceptors (Lipinski definition) is 6. The molecule has 26 heavy (non-hydrogen) atoms. The Morgan fingerprint density at radius 1 is 1.04 bits per heavy atom. The molecule has 1 aromatic heterocycles. The van der Waals surface area contributed by atoms with Crippen molar-refractivity contribution in [1.82, 2.24) is 9.88 Å². The monoisotopic (exact) mass is 354 g/mol. The van der Waals surface area contributed by atoms with E-state index >= 15 is 0 Å². The molecular formula is C20H22N2O4. The zero-order valence-corrected chi connectivity index (χ0v) is 14.9. The van der Waals surface area contributed by atoms with Gasteiger partial charge in [-0.3, -0.25) is 19.5 Å². The molecule has 0 aliphatic carbocycles. The van der Waals surface area contributed by atoms with Crippen LogP contribution in [0.25, 0.3) is 0 Å². The molecule has 2 aromatic rings. The molecule has 1 fully saturated rings. The molecule has 0 unspecified atom stereocenters. The summed E-state index contributed by atoms with van der Waals surface area (Å²) < 4.78 is 9.96. The molecule has 0 spiro atoms. The van der Waals surface area contributed by atoms with Crippen molar-refractivity contribution in [3.63, 3.8) is 0 Å². The Labute approximate surface area is 152 Å². The van der Waals surface area contributed by atoms with Crippen LogP contribution in [-0.2, 0) is 25.6 Å². The van der Waals surface area contributed by atoms with E-state index in [9.17, 15) is 9.59 Å². The van der Waals surface area contributed by atoms with Gasteiger partial charge >= 0.3 is 11.9 Å². The van der Waals surface area contributed by atoms with Crippen molar-refractivity contribution in [3.8, 4) is 0 Å². The Kier molecular flexibility index (Phi) is 5.63. The van der Waals surface area contributed by atoms with Gasteiger partial charge in [0.15, 0.2) is 0 Å². The molecule has 2 heterocycles. The Hall–Kier alpha value is -2.73. The quantitative estimate of drug-likeness (QED) is 0.767. The van der Waals surface area contributed by atoms with Crippen LogP contribution in [0.5, 0.6) is 0 Å². The second kappa shape index (κ2) is 8.10. The summed E-state index contributed by atoms with van der Waals surface area (Å²) >= 11 is 0. The van der Waals surface area contributed by atoms with Gasteiger partial charge in [0, 0.05) is 19.3 Å². The fraction of sp³-hybridized carbons (Fsp3) is 0.350. The predicted octanol–water partition coefficient (Wildman–Crippen LogP) is 2.22. The molecule has 3 atom stereocenters.